The standard InChI is InChI=1S/C14H21Cl2NO/c1-11(2)18-8-4-3-7-17-10-12-5-6-13(15)14(16)9-12/h5-6,9,11,17H,3-4,7-8,10H2,1-2H3. The normalized spacial score (nSPS) is 11.2. The summed E-state index contributed by atoms with van der Waals surface area (Å²) in [5, 5.41) is 4.59. The lowest BCUT2D eigenvalue weighted by Crippen LogP contribution is -2.15. The van der Waals surface area contributed by atoms with Crippen molar-refractivity contribution in [3.05, 3.63) is 33.8 Å². The van der Waals surface area contributed by atoms with Gasteiger partial charge in [0.05, 0.1) is 16.1 Å². The summed E-state index contributed by atoms with van der Waals surface area (Å²) >= 11 is 11.8. The second kappa shape index (κ2) is 8.76. The van der Waals surface area contributed by atoms with Gasteiger partial charge in [-0.3, -0.25) is 0 Å². The quantitative estimate of drug-likeness (QED) is 0.721. The molecule has 0 aromatic heterocycles. The average molecular weight is 290 g/mol. The summed E-state index contributed by atoms with van der Waals surface area (Å²) in [6, 6.07) is 5.72. The summed E-state index contributed by atoms with van der Waals surface area (Å²) in [6.45, 7) is 6.76. The van der Waals surface area contributed by atoms with Crippen molar-refractivity contribution < 1.29 is 4.74 Å². The van der Waals surface area contributed by atoms with Crippen LogP contribution in [0, 0.1) is 0 Å². The molecule has 1 N–H and O–H groups in total. The molecule has 0 bridgehead atoms. The summed E-state index contributed by atoms with van der Waals surface area (Å²) in [5.41, 5.74) is 1.16. The van der Waals surface area contributed by atoms with Crippen molar-refractivity contribution in [1.82, 2.24) is 5.32 Å². The maximum absolute atomic E-state index is 5.95. The Morgan fingerprint density at radius 1 is 1.17 bits per heavy atom. The van der Waals surface area contributed by atoms with E-state index in [1.54, 1.807) is 0 Å². The van der Waals surface area contributed by atoms with Crippen LogP contribution in [0.15, 0.2) is 18.2 Å². The summed E-state index contributed by atoms with van der Waals surface area (Å²) in [7, 11) is 0. The number of unbranched alkanes of at least 4 members (excludes halogenated alkanes) is 1. The molecule has 1 rings (SSSR count). The van der Waals surface area contributed by atoms with Gasteiger partial charge in [0.15, 0.2) is 0 Å². The fraction of sp³-hybridized carbons (Fsp3) is 0.571. The van der Waals surface area contributed by atoms with Crippen LogP contribution in [0.4, 0.5) is 0 Å². The third-order valence-corrected chi connectivity index (χ3v) is 3.25. The Labute approximate surface area is 120 Å². The van der Waals surface area contributed by atoms with Gasteiger partial charge in [0.25, 0.3) is 0 Å². The molecule has 2 nitrogen and oxygen atoms in total. The van der Waals surface area contributed by atoms with Gasteiger partial charge in [-0.1, -0.05) is 29.3 Å². The Morgan fingerprint density at radius 3 is 2.61 bits per heavy atom. The van der Waals surface area contributed by atoms with Crippen LogP contribution in [-0.4, -0.2) is 19.3 Å². The molecule has 0 radical (unpaired) electrons. The predicted molar refractivity (Wildman–Crippen MR) is 78.5 cm³/mol. The zero-order chi connectivity index (χ0) is 13.4. The van der Waals surface area contributed by atoms with E-state index in [0.29, 0.717) is 16.1 Å². The van der Waals surface area contributed by atoms with E-state index in [4.69, 9.17) is 27.9 Å². The third kappa shape index (κ3) is 6.60. The molecule has 18 heavy (non-hydrogen) atoms. The maximum atomic E-state index is 5.95. The second-order valence-electron chi connectivity index (χ2n) is 4.55. The number of halogens is 2. The average Bonchev–Trinajstić information content (AvgIpc) is 2.32. The fourth-order valence-corrected chi connectivity index (χ4v) is 1.87. The Balaban J connectivity index is 2.09. The first kappa shape index (κ1) is 15.8. The summed E-state index contributed by atoms with van der Waals surface area (Å²) < 4.78 is 5.48. The van der Waals surface area contributed by atoms with E-state index >= 15 is 0 Å². The van der Waals surface area contributed by atoms with Crippen molar-refractivity contribution in [3.63, 3.8) is 0 Å². The lowest BCUT2D eigenvalue weighted by Gasteiger charge is -2.08. The smallest absolute Gasteiger partial charge is 0.0595 e. The second-order valence-corrected chi connectivity index (χ2v) is 5.37. The molecule has 4 heteroatoms. The van der Waals surface area contributed by atoms with Crippen LogP contribution < -0.4 is 5.32 Å². The first-order chi connectivity index (χ1) is 8.59. The van der Waals surface area contributed by atoms with Crippen molar-refractivity contribution in [1.29, 1.82) is 0 Å². The van der Waals surface area contributed by atoms with Gasteiger partial charge in [0, 0.05) is 13.2 Å². The molecule has 0 spiro atoms. The molecule has 1 aromatic rings. The monoisotopic (exact) mass is 289 g/mol. The molecule has 0 aliphatic heterocycles. The molecule has 0 amide bonds. The molecule has 1 aromatic carbocycles. The van der Waals surface area contributed by atoms with E-state index in [1.165, 1.54) is 0 Å². The van der Waals surface area contributed by atoms with E-state index in [9.17, 15) is 0 Å². The van der Waals surface area contributed by atoms with Crippen LogP contribution in [0.3, 0.4) is 0 Å². The van der Waals surface area contributed by atoms with E-state index in [2.05, 4.69) is 19.2 Å². The first-order valence-corrected chi connectivity index (χ1v) is 7.11. The van der Waals surface area contributed by atoms with Gasteiger partial charge in [-0.15, -0.1) is 0 Å². The van der Waals surface area contributed by atoms with Gasteiger partial charge in [-0.25, -0.2) is 0 Å². The highest BCUT2D eigenvalue weighted by atomic mass is 35.5. The van der Waals surface area contributed by atoms with Gasteiger partial charge in [-0.05, 0) is 50.9 Å². The number of ether oxygens (including phenoxy) is 1. The highest BCUT2D eigenvalue weighted by Gasteiger charge is 1.99. The van der Waals surface area contributed by atoms with E-state index in [-0.39, 0.29) is 0 Å². The van der Waals surface area contributed by atoms with Crippen LogP contribution in [0.25, 0.3) is 0 Å². The molecule has 0 saturated carbocycles. The van der Waals surface area contributed by atoms with Gasteiger partial charge in [0.1, 0.15) is 0 Å². The molecule has 0 unspecified atom stereocenters. The Morgan fingerprint density at radius 2 is 1.94 bits per heavy atom. The zero-order valence-corrected chi connectivity index (χ0v) is 12.5. The summed E-state index contributed by atoms with van der Waals surface area (Å²) in [5.74, 6) is 0. The lowest BCUT2D eigenvalue weighted by molar-refractivity contribution is 0.0760. The Hall–Kier alpha value is -0.280. The Bertz CT molecular complexity index is 356. The topological polar surface area (TPSA) is 21.3 Å². The number of nitrogens with one attached hydrogen (secondary N) is 1. The predicted octanol–water partition coefficient (Wildman–Crippen LogP) is 4.29. The van der Waals surface area contributed by atoms with Crippen molar-refractivity contribution >= 4 is 23.2 Å². The molecular formula is C14H21Cl2NO. The van der Waals surface area contributed by atoms with Gasteiger partial charge in [-0.2, -0.15) is 0 Å². The van der Waals surface area contributed by atoms with Crippen LogP contribution in [0.1, 0.15) is 32.3 Å². The van der Waals surface area contributed by atoms with E-state index < -0.39 is 0 Å². The Kier molecular flexibility index (Phi) is 7.68. The van der Waals surface area contributed by atoms with Crippen LogP contribution in [-0.2, 0) is 11.3 Å². The molecular weight excluding hydrogens is 269 g/mol. The molecule has 102 valence electrons. The maximum Gasteiger partial charge on any atom is 0.0595 e. The minimum atomic E-state index is 0.328. The van der Waals surface area contributed by atoms with Crippen molar-refractivity contribution in [2.24, 2.45) is 0 Å². The molecule has 0 aliphatic carbocycles. The van der Waals surface area contributed by atoms with Gasteiger partial charge >= 0.3 is 0 Å². The van der Waals surface area contributed by atoms with Crippen molar-refractivity contribution in [2.75, 3.05) is 13.2 Å². The molecule has 0 fully saturated rings. The number of hydrogen-bond donors (Lipinski definition) is 1. The minimum absolute atomic E-state index is 0.328. The van der Waals surface area contributed by atoms with Crippen LogP contribution in [0.2, 0.25) is 10.0 Å². The third-order valence-electron chi connectivity index (χ3n) is 2.51. The summed E-state index contributed by atoms with van der Waals surface area (Å²) in [4.78, 5) is 0. The minimum Gasteiger partial charge on any atom is -0.379 e. The van der Waals surface area contributed by atoms with Crippen LogP contribution in [0.5, 0.6) is 0 Å². The first-order valence-electron chi connectivity index (χ1n) is 6.36. The zero-order valence-electron chi connectivity index (χ0n) is 11.0. The van der Waals surface area contributed by atoms with Gasteiger partial charge < -0.3 is 10.1 Å². The molecule has 0 aliphatic rings. The van der Waals surface area contributed by atoms with Gasteiger partial charge in [0.2, 0.25) is 0 Å². The fourth-order valence-electron chi connectivity index (χ4n) is 1.55. The number of hydrogen-bond acceptors (Lipinski definition) is 2. The van der Waals surface area contributed by atoms with Crippen LogP contribution >= 0.6 is 23.2 Å². The largest absolute Gasteiger partial charge is 0.379 e. The highest BCUT2D eigenvalue weighted by Crippen LogP contribution is 2.22. The van der Waals surface area contributed by atoms with Crippen molar-refractivity contribution in [3.8, 4) is 0 Å². The molecule has 0 heterocycles. The van der Waals surface area contributed by atoms with E-state index in [1.807, 2.05) is 18.2 Å². The lowest BCUT2D eigenvalue weighted by atomic mass is 10.2. The molecule has 0 atom stereocenters. The summed E-state index contributed by atoms with van der Waals surface area (Å²) in [6.07, 6.45) is 2.54. The number of benzene rings is 1. The highest BCUT2D eigenvalue weighted by molar-refractivity contribution is 6.42. The molecule has 0 saturated heterocycles. The number of rotatable bonds is 8. The SMILES string of the molecule is CC(C)OCCCCNCc1ccc(Cl)c(Cl)c1. The van der Waals surface area contributed by atoms with Crippen molar-refractivity contribution in [2.45, 2.75) is 39.3 Å². The van der Waals surface area contributed by atoms with E-state index in [0.717, 1.165) is 38.1 Å².